The zero-order valence-corrected chi connectivity index (χ0v) is 9.64. The summed E-state index contributed by atoms with van der Waals surface area (Å²) in [6, 6.07) is 6.53. The number of hydrogen-bond donors (Lipinski definition) is 1. The van der Waals surface area contributed by atoms with Crippen LogP contribution in [0.5, 0.6) is 0 Å². The molecule has 1 N–H and O–H groups in total. The minimum atomic E-state index is -0.302. The summed E-state index contributed by atoms with van der Waals surface area (Å²) in [4.78, 5) is 1.63. The van der Waals surface area contributed by atoms with Gasteiger partial charge in [-0.3, -0.25) is 4.90 Å². The van der Waals surface area contributed by atoms with Gasteiger partial charge in [-0.2, -0.15) is 0 Å². The minimum Gasteiger partial charge on any atom is -0.406 e. The Morgan fingerprint density at radius 2 is 2.24 bits per heavy atom. The maximum atomic E-state index is 13.1. The van der Waals surface area contributed by atoms with Crippen molar-refractivity contribution in [3.8, 4) is 0 Å². The van der Waals surface area contributed by atoms with Gasteiger partial charge in [0.1, 0.15) is 5.82 Å². The van der Waals surface area contributed by atoms with Crippen molar-refractivity contribution < 1.29 is 8.81 Å². The Morgan fingerprint density at radius 1 is 1.41 bits per heavy atom. The molecule has 1 aromatic carbocycles. The van der Waals surface area contributed by atoms with E-state index in [-0.39, 0.29) is 5.82 Å². The van der Waals surface area contributed by atoms with E-state index in [0.717, 1.165) is 0 Å². The Hall–Kier alpha value is -1.95. The van der Waals surface area contributed by atoms with Gasteiger partial charge >= 0.3 is 6.01 Å². The lowest BCUT2D eigenvalue weighted by molar-refractivity contribution is 0.483. The second kappa shape index (κ2) is 4.92. The van der Waals surface area contributed by atoms with Crippen LogP contribution in [0.15, 0.2) is 28.7 Å². The quantitative estimate of drug-likeness (QED) is 0.875. The van der Waals surface area contributed by atoms with Crippen molar-refractivity contribution in [2.45, 2.75) is 6.54 Å². The Morgan fingerprint density at radius 3 is 2.94 bits per heavy atom. The molecule has 0 spiro atoms. The minimum absolute atomic E-state index is 0.302. The Kier molecular flexibility index (Phi) is 3.34. The van der Waals surface area contributed by atoms with Crippen LogP contribution in [-0.4, -0.2) is 24.3 Å². The molecule has 0 radical (unpaired) electrons. The standard InChI is InChI=1S/C11H13FN4O/c1-13-7-10-14-15-11(17-10)16(2)9-5-3-4-8(12)6-9/h3-6,13H,7H2,1-2H3. The van der Waals surface area contributed by atoms with Crippen molar-refractivity contribution in [3.63, 3.8) is 0 Å². The first kappa shape index (κ1) is 11.5. The summed E-state index contributed by atoms with van der Waals surface area (Å²) in [5.41, 5.74) is 0.657. The van der Waals surface area contributed by atoms with Crippen LogP contribution < -0.4 is 10.2 Å². The molecule has 5 nitrogen and oxygen atoms in total. The molecule has 1 aromatic heterocycles. The summed E-state index contributed by atoms with van der Waals surface area (Å²) in [5, 5.41) is 10.7. The van der Waals surface area contributed by atoms with Crippen LogP contribution in [0, 0.1) is 5.82 Å². The zero-order valence-electron chi connectivity index (χ0n) is 9.64. The van der Waals surface area contributed by atoms with Crippen LogP contribution >= 0.6 is 0 Å². The van der Waals surface area contributed by atoms with Crippen molar-refractivity contribution >= 4 is 11.7 Å². The van der Waals surface area contributed by atoms with Crippen LogP contribution in [0.1, 0.15) is 5.89 Å². The third-order valence-corrected chi connectivity index (χ3v) is 2.27. The van der Waals surface area contributed by atoms with Crippen LogP contribution in [0.4, 0.5) is 16.1 Å². The second-order valence-electron chi connectivity index (χ2n) is 3.55. The smallest absolute Gasteiger partial charge is 0.322 e. The molecule has 0 unspecified atom stereocenters. The monoisotopic (exact) mass is 236 g/mol. The molecule has 0 atom stereocenters. The molecule has 0 fully saturated rings. The predicted octanol–water partition coefficient (Wildman–Crippen LogP) is 1.70. The molecule has 1 heterocycles. The molecule has 0 bridgehead atoms. The Balaban J connectivity index is 2.21. The molecule has 0 amide bonds. The lowest BCUT2D eigenvalue weighted by Gasteiger charge is -2.13. The molecule has 6 heteroatoms. The first-order chi connectivity index (χ1) is 8.20. The molecule has 0 aliphatic carbocycles. The lowest BCUT2D eigenvalue weighted by atomic mass is 10.3. The van der Waals surface area contributed by atoms with E-state index in [4.69, 9.17) is 4.42 Å². The van der Waals surface area contributed by atoms with Gasteiger partial charge in [0.05, 0.1) is 6.54 Å². The number of nitrogens with one attached hydrogen (secondary N) is 1. The van der Waals surface area contributed by atoms with Crippen molar-refractivity contribution in [1.82, 2.24) is 15.5 Å². The molecule has 2 aromatic rings. The average molecular weight is 236 g/mol. The average Bonchev–Trinajstić information content (AvgIpc) is 2.77. The summed E-state index contributed by atoms with van der Waals surface area (Å²) in [5.74, 6) is 0.190. The maximum Gasteiger partial charge on any atom is 0.322 e. The largest absolute Gasteiger partial charge is 0.406 e. The number of rotatable bonds is 4. The Bertz CT molecular complexity index is 500. The van der Waals surface area contributed by atoms with Gasteiger partial charge in [-0.1, -0.05) is 11.2 Å². The zero-order chi connectivity index (χ0) is 12.3. The molecule has 90 valence electrons. The Labute approximate surface area is 98.3 Å². The van der Waals surface area contributed by atoms with Crippen molar-refractivity contribution in [3.05, 3.63) is 36.0 Å². The van der Waals surface area contributed by atoms with Gasteiger partial charge in [0.15, 0.2) is 0 Å². The van der Waals surface area contributed by atoms with E-state index in [1.807, 2.05) is 0 Å². The highest BCUT2D eigenvalue weighted by molar-refractivity contribution is 5.54. The van der Waals surface area contributed by atoms with E-state index in [2.05, 4.69) is 15.5 Å². The van der Waals surface area contributed by atoms with Crippen LogP contribution in [0.25, 0.3) is 0 Å². The number of halogens is 1. The summed E-state index contributed by atoms with van der Waals surface area (Å²) in [6.07, 6.45) is 0. The highest BCUT2D eigenvalue weighted by Crippen LogP contribution is 2.22. The number of nitrogens with zero attached hydrogens (tertiary/aromatic N) is 3. The second-order valence-corrected chi connectivity index (χ2v) is 3.55. The van der Waals surface area contributed by atoms with Crippen LogP contribution in [0.2, 0.25) is 0 Å². The van der Waals surface area contributed by atoms with Crippen LogP contribution in [0.3, 0.4) is 0 Å². The van der Waals surface area contributed by atoms with Crippen LogP contribution in [-0.2, 0) is 6.54 Å². The topological polar surface area (TPSA) is 54.2 Å². The number of hydrogen-bond acceptors (Lipinski definition) is 5. The maximum absolute atomic E-state index is 13.1. The highest BCUT2D eigenvalue weighted by Gasteiger charge is 2.12. The third kappa shape index (κ3) is 2.59. The number of aromatic nitrogens is 2. The summed E-state index contributed by atoms with van der Waals surface area (Å²) in [7, 11) is 3.53. The lowest BCUT2D eigenvalue weighted by Crippen LogP contribution is -2.10. The van der Waals surface area contributed by atoms with E-state index < -0.39 is 0 Å². The van der Waals surface area contributed by atoms with Crippen molar-refractivity contribution in [1.29, 1.82) is 0 Å². The molecule has 0 saturated carbocycles. The fraction of sp³-hybridized carbons (Fsp3) is 0.273. The van der Waals surface area contributed by atoms with Crippen molar-refractivity contribution in [2.75, 3.05) is 19.0 Å². The normalized spacial score (nSPS) is 10.5. The molecule has 0 aliphatic heterocycles. The first-order valence-corrected chi connectivity index (χ1v) is 5.17. The van der Waals surface area contributed by atoms with Gasteiger partial charge in [-0.05, 0) is 25.2 Å². The van der Waals surface area contributed by atoms with E-state index in [1.165, 1.54) is 12.1 Å². The van der Waals surface area contributed by atoms with Gasteiger partial charge in [-0.15, -0.1) is 5.10 Å². The molecule has 2 rings (SSSR count). The predicted molar refractivity (Wildman–Crippen MR) is 61.5 cm³/mol. The van der Waals surface area contributed by atoms with E-state index >= 15 is 0 Å². The fourth-order valence-corrected chi connectivity index (χ4v) is 1.40. The first-order valence-electron chi connectivity index (χ1n) is 5.17. The molecular weight excluding hydrogens is 223 g/mol. The molecule has 0 saturated heterocycles. The molecule has 17 heavy (non-hydrogen) atoms. The summed E-state index contributed by atoms with van der Waals surface area (Å²) >= 11 is 0. The molecular formula is C11H13FN4O. The van der Waals surface area contributed by atoms with Gasteiger partial charge in [0.2, 0.25) is 5.89 Å². The van der Waals surface area contributed by atoms with Gasteiger partial charge < -0.3 is 9.73 Å². The van der Waals surface area contributed by atoms with E-state index in [1.54, 1.807) is 31.1 Å². The van der Waals surface area contributed by atoms with Gasteiger partial charge in [0.25, 0.3) is 0 Å². The number of anilines is 2. The van der Waals surface area contributed by atoms with E-state index in [9.17, 15) is 4.39 Å². The van der Waals surface area contributed by atoms with E-state index in [0.29, 0.717) is 24.1 Å². The van der Waals surface area contributed by atoms with Gasteiger partial charge in [-0.25, -0.2) is 4.39 Å². The summed E-state index contributed by atoms with van der Waals surface area (Å²) < 4.78 is 18.5. The van der Waals surface area contributed by atoms with Crippen molar-refractivity contribution in [2.24, 2.45) is 0 Å². The third-order valence-electron chi connectivity index (χ3n) is 2.27. The SMILES string of the molecule is CNCc1nnc(N(C)c2cccc(F)c2)o1. The molecule has 0 aliphatic rings. The highest BCUT2D eigenvalue weighted by atomic mass is 19.1. The summed E-state index contributed by atoms with van der Waals surface area (Å²) in [6.45, 7) is 0.504. The fourth-order valence-electron chi connectivity index (χ4n) is 1.40. The number of benzene rings is 1. The van der Waals surface area contributed by atoms with Gasteiger partial charge in [0, 0.05) is 12.7 Å².